The number of nitrogens with zero attached hydrogens (tertiary/aromatic N) is 1. The summed E-state index contributed by atoms with van der Waals surface area (Å²) in [7, 11) is 0. The number of carbonyl (C=O) groups excluding carboxylic acids is 3. The zero-order valence-electron chi connectivity index (χ0n) is 44.3. The summed E-state index contributed by atoms with van der Waals surface area (Å²) in [6, 6.07) is 0. The van der Waals surface area contributed by atoms with Crippen molar-refractivity contribution >= 4 is 23.9 Å². The molecule has 1 aliphatic heterocycles. The van der Waals surface area contributed by atoms with Crippen LogP contribution in [0.4, 0.5) is 0 Å². The van der Waals surface area contributed by atoms with Crippen LogP contribution in [0.1, 0.15) is 278 Å². The quantitative estimate of drug-likeness (QED) is 0.0345. The number of rotatable bonds is 43. The molecule has 0 aromatic rings. The summed E-state index contributed by atoms with van der Waals surface area (Å²) in [5.41, 5.74) is 0.366. The van der Waals surface area contributed by atoms with Crippen molar-refractivity contribution in [2.45, 2.75) is 284 Å². The van der Waals surface area contributed by atoms with E-state index in [1.165, 1.54) is 122 Å². The fourth-order valence-electron chi connectivity index (χ4n) is 10.1. The second kappa shape index (κ2) is 43.8. The van der Waals surface area contributed by atoms with E-state index in [2.05, 4.69) is 32.6 Å². The third-order valence-corrected chi connectivity index (χ3v) is 14.6. The Morgan fingerprint density at radius 1 is 0.522 bits per heavy atom. The minimum absolute atomic E-state index is 0.00143. The number of carbonyl (C=O) groups is 4. The minimum Gasteiger partial charge on any atom is -0.481 e. The molecule has 394 valence electrons. The number of piperidine rings is 1. The summed E-state index contributed by atoms with van der Waals surface area (Å²) in [5.74, 6) is -0.737. The number of aliphatic hydroxyl groups is 1. The van der Waals surface area contributed by atoms with Gasteiger partial charge in [-0.3, -0.25) is 19.2 Å². The zero-order valence-corrected chi connectivity index (χ0v) is 44.3. The van der Waals surface area contributed by atoms with E-state index in [1.54, 1.807) is 0 Å². The van der Waals surface area contributed by atoms with Crippen LogP contribution >= 0.6 is 0 Å². The number of aliphatic carboxylic acids is 1. The Labute approximate surface area is 412 Å². The average Bonchev–Trinajstić information content (AvgIpc) is 3.71. The SMILES string of the molecule is CCCCCCCC(CCCCCCC)C(=O)OCCCCCC(=O)O.CCCCCCCC(CCCCCCC)C(=O)OCCCCCC(=O)OC1CCC2(CCN(CCCCO)CC2)C1. The summed E-state index contributed by atoms with van der Waals surface area (Å²) in [4.78, 5) is 50.7. The van der Waals surface area contributed by atoms with Crippen molar-refractivity contribution in [3.63, 3.8) is 0 Å². The number of unbranched alkanes of at least 4 members (excludes halogenated alkanes) is 21. The molecule has 0 bridgehead atoms. The van der Waals surface area contributed by atoms with Gasteiger partial charge in [-0.1, -0.05) is 156 Å². The molecule has 0 amide bonds. The molecule has 1 aliphatic carbocycles. The Hall–Kier alpha value is -2.20. The van der Waals surface area contributed by atoms with Gasteiger partial charge < -0.3 is 29.3 Å². The monoisotopic (exact) mass is 950 g/mol. The maximum atomic E-state index is 12.8. The second-order valence-corrected chi connectivity index (χ2v) is 20.7. The number of esters is 3. The van der Waals surface area contributed by atoms with Gasteiger partial charge in [0, 0.05) is 19.4 Å². The van der Waals surface area contributed by atoms with Crippen molar-refractivity contribution in [2.24, 2.45) is 17.3 Å². The van der Waals surface area contributed by atoms with E-state index < -0.39 is 5.97 Å². The van der Waals surface area contributed by atoms with Gasteiger partial charge in [-0.05, 0) is 134 Å². The smallest absolute Gasteiger partial charge is 0.308 e. The molecule has 1 saturated carbocycles. The van der Waals surface area contributed by atoms with Gasteiger partial charge in [-0.15, -0.1) is 0 Å². The largest absolute Gasteiger partial charge is 0.481 e. The number of likely N-dealkylation sites (tertiary alicyclic amines) is 1. The highest BCUT2D eigenvalue weighted by Crippen LogP contribution is 2.47. The van der Waals surface area contributed by atoms with E-state index in [0.29, 0.717) is 31.5 Å². The number of hydrogen-bond acceptors (Lipinski definition) is 9. The molecule has 1 heterocycles. The van der Waals surface area contributed by atoms with E-state index in [-0.39, 0.29) is 48.9 Å². The Kier molecular flexibility index (Phi) is 41.1. The molecule has 10 nitrogen and oxygen atoms in total. The highest BCUT2D eigenvalue weighted by molar-refractivity contribution is 5.72. The van der Waals surface area contributed by atoms with Crippen LogP contribution in [0.5, 0.6) is 0 Å². The normalized spacial score (nSPS) is 15.8. The van der Waals surface area contributed by atoms with Crippen molar-refractivity contribution in [3.05, 3.63) is 0 Å². The molecule has 10 heteroatoms. The standard InChI is InChI=1S/C35H65NO5.C22H42O4/c1-3-5-7-9-12-18-31(19-13-10-8-6-4-2)34(39)40-29-17-11-14-20-33(38)41-32-21-22-35(30-32)23-26-36(27-24-35)25-15-16-28-37;1-3-5-7-9-12-16-20(17-13-10-8-6-4-2)22(25)26-19-15-11-14-18-21(23)24/h31-32,37H,3-30H2,1-2H3;20H,3-19H2,1-2H3,(H,23,24). The van der Waals surface area contributed by atoms with Gasteiger partial charge in [0.15, 0.2) is 0 Å². The predicted octanol–water partition coefficient (Wildman–Crippen LogP) is 14.9. The fraction of sp³-hybridized carbons (Fsp3) is 0.930. The Bertz CT molecular complexity index is 1160. The van der Waals surface area contributed by atoms with Crippen molar-refractivity contribution < 1.29 is 43.6 Å². The van der Waals surface area contributed by atoms with Crippen molar-refractivity contribution in [1.82, 2.24) is 4.90 Å². The highest BCUT2D eigenvalue weighted by Gasteiger charge is 2.42. The lowest BCUT2D eigenvalue weighted by molar-refractivity contribution is -0.150. The van der Waals surface area contributed by atoms with Crippen molar-refractivity contribution in [1.29, 1.82) is 0 Å². The lowest BCUT2D eigenvalue weighted by Gasteiger charge is -2.39. The van der Waals surface area contributed by atoms with Crippen LogP contribution in [0.3, 0.4) is 0 Å². The molecule has 0 radical (unpaired) electrons. The molecule has 2 N–H and O–H groups in total. The zero-order chi connectivity index (χ0) is 49.1. The first-order valence-corrected chi connectivity index (χ1v) is 28.7. The molecule has 1 spiro atoms. The molecule has 1 unspecified atom stereocenters. The maximum Gasteiger partial charge on any atom is 0.308 e. The average molecular weight is 950 g/mol. The molecule has 2 aliphatic rings. The van der Waals surface area contributed by atoms with Crippen LogP contribution in [0.25, 0.3) is 0 Å². The van der Waals surface area contributed by atoms with Crippen LogP contribution in [-0.2, 0) is 33.4 Å². The van der Waals surface area contributed by atoms with E-state index in [9.17, 15) is 19.2 Å². The van der Waals surface area contributed by atoms with Gasteiger partial charge in [-0.25, -0.2) is 0 Å². The Balaban J connectivity index is 0.000000745. The third kappa shape index (κ3) is 34.7. The van der Waals surface area contributed by atoms with Gasteiger partial charge in [-0.2, -0.15) is 0 Å². The molecule has 2 rings (SSSR count). The minimum atomic E-state index is -0.756. The molecular formula is C57H107NO9. The first kappa shape index (κ1) is 62.8. The molecule has 0 aromatic carbocycles. The third-order valence-electron chi connectivity index (χ3n) is 14.6. The lowest BCUT2D eigenvalue weighted by Crippen LogP contribution is -2.39. The van der Waals surface area contributed by atoms with Gasteiger partial charge >= 0.3 is 23.9 Å². The summed E-state index contributed by atoms with van der Waals surface area (Å²) in [6.07, 6.45) is 41.4. The van der Waals surface area contributed by atoms with Gasteiger partial charge in [0.1, 0.15) is 6.10 Å². The lowest BCUT2D eigenvalue weighted by atomic mass is 9.77. The summed E-state index contributed by atoms with van der Waals surface area (Å²) in [6.45, 7) is 13.4. The van der Waals surface area contributed by atoms with Crippen LogP contribution in [0, 0.1) is 17.3 Å². The summed E-state index contributed by atoms with van der Waals surface area (Å²) in [5, 5.41) is 17.6. The van der Waals surface area contributed by atoms with Crippen LogP contribution in [0.2, 0.25) is 0 Å². The maximum absolute atomic E-state index is 12.8. The molecule has 67 heavy (non-hydrogen) atoms. The van der Waals surface area contributed by atoms with Gasteiger partial charge in [0.25, 0.3) is 0 Å². The van der Waals surface area contributed by atoms with E-state index in [0.717, 1.165) is 129 Å². The van der Waals surface area contributed by atoms with E-state index in [1.807, 2.05) is 0 Å². The number of ether oxygens (including phenoxy) is 3. The summed E-state index contributed by atoms with van der Waals surface area (Å²) < 4.78 is 17.1. The topological polar surface area (TPSA) is 140 Å². The Morgan fingerprint density at radius 3 is 1.36 bits per heavy atom. The number of hydrogen-bond donors (Lipinski definition) is 2. The number of carboxylic acids is 1. The highest BCUT2D eigenvalue weighted by atomic mass is 16.5. The first-order chi connectivity index (χ1) is 32.6. The van der Waals surface area contributed by atoms with Crippen LogP contribution in [-0.4, -0.2) is 84.5 Å². The van der Waals surface area contributed by atoms with Gasteiger partial charge in [0.05, 0.1) is 25.0 Å². The molecular weight excluding hydrogens is 843 g/mol. The van der Waals surface area contributed by atoms with Crippen LogP contribution in [0.15, 0.2) is 0 Å². The summed E-state index contributed by atoms with van der Waals surface area (Å²) >= 11 is 0. The van der Waals surface area contributed by atoms with Crippen LogP contribution < -0.4 is 0 Å². The number of aliphatic hydroxyl groups excluding tert-OH is 1. The predicted molar refractivity (Wildman–Crippen MR) is 275 cm³/mol. The Morgan fingerprint density at radius 2 is 0.940 bits per heavy atom. The first-order valence-electron chi connectivity index (χ1n) is 28.7. The van der Waals surface area contributed by atoms with Crippen molar-refractivity contribution in [3.8, 4) is 0 Å². The second-order valence-electron chi connectivity index (χ2n) is 20.7. The van der Waals surface area contributed by atoms with E-state index >= 15 is 0 Å². The molecule has 1 atom stereocenters. The molecule has 1 saturated heterocycles. The van der Waals surface area contributed by atoms with Gasteiger partial charge in [0.2, 0.25) is 0 Å². The number of carboxylic acid groups (broad SMARTS) is 1. The fourth-order valence-corrected chi connectivity index (χ4v) is 10.1. The van der Waals surface area contributed by atoms with E-state index in [4.69, 9.17) is 24.4 Å². The van der Waals surface area contributed by atoms with Crippen molar-refractivity contribution in [2.75, 3.05) is 39.5 Å². The molecule has 2 fully saturated rings. The molecule has 0 aromatic heterocycles.